The molecule has 2 unspecified atom stereocenters. The smallest absolute Gasteiger partial charge is 0.312 e. The summed E-state index contributed by atoms with van der Waals surface area (Å²) in [6.07, 6.45) is 0.511. The van der Waals surface area contributed by atoms with E-state index in [4.69, 9.17) is 10.8 Å². The molecule has 4 N–H and O–H groups in total. The summed E-state index contributed by atoms with van der Waals surface area (Å²) in [7, 11) is 0. The molecule has 1 aliphatic heterocycles. The summed E-state index contributed by atoms with van der Waals surface area (Å²) < 4.78 is 0. The number of rotatable bonds is 6. The van der Waals surface area contributed by atoms with Crippen molar-refractivity contribution in [1.29, 1.82) is 0 Å². The molecule has 1 saturated heterocycles. The number of urea groups is 1. The SMILES string of the molecule is CC(C)CC(NC(N)=O)C(=O)N1CC(C(C)C(=O)O)C1. The van der Waals surface area contributed by atoms with Gasteiger partial charge in [-0.25, -0.2) is 4.79 Å². The Balaban J connectivity index is 2.55. The number of nitrogens with zero attached hydrogens (tertiary/aromatic N) is 1. The summed E-state index contributed by atoms with van der Waals surface area (Å²) >= 11 is 0. The number of carboxylic acids is 1. The molecule has 0 radical (unpaired) electrons. The van der Waals surface area contributed by atoms with Crippen molar-refractivity contribution in [1.82, 2.24) is 10.2 Å². The Kier molecular flexibility index (Phi) is 5.35. The van der Waals surface area contributed by atoms with Crippen LogP contribution < -0.4 is 11.1 Å². The average Bonchev–Trinajstić information content (AvgIpc) is 2.24. The predicted molar refractivity (Wildman–Crippen MR) is 72.8 cm³/mol. The Morgan fingerprint density at radius 3 is 2.25 bits per heavy atom. The summed E-state index contributed by atoms with van der Waals surface area (Å²) in [4.78, 5) is 35.6. The van der Waals surface area contributed by atoms with E-state index in [2.05, 4.69) is 5.32 Å². The lowest BCUT2D eigenvalue weighted by Gasteiger charge is -2.42. The molecule has 0 aliphatic carbocycles. The normalized spacial score (nSPS) is 18.3. The maximum atomic E-state index is 12.2. The van der Waals surface area contributed by atoms with Crippen molar-refractivity contribution in [3.8, 4) is 0 Å². The second-order valence-corrected chi connectivity index (χ2v) is 5.82. The predicted octanol–water partition coefficient (Wildman–Crippen LogP) is 0.249. The summed E-state index contributed by atoms with van der Waals surface area (Å²) in [5, 5.41) is 11.4. The minimum Gasteiger partial charge on any atom is -0.481 e. The summed E-state index contributed by atoms with van der Waals surface area (Å²) in [6, 6.07) is -1.35. The molecule has 1 fully saturated rings. The number of hydrogen-bond donors (Lipinski definition) is 3. The molecule has 7 nitrogen and oxygen atoms in total. The summed E-state index contributed by atoms with van der Waals surface area (Å²) in [6.45, 7) is 6.38. The molecule has 0 aromatic rings. The first-order valence-corrected chi connectivity index (χ1v) is 6.80. The zero-order chi connectivity index (χ0) is 15.4. The second-order valence-electron chi connectivity index (χ2n) is 5.82. The Hall–Kier alpha value is -1.79. The highest BCUT2D eigenvalue weighted by Crippen LogP contribution is 2.25. The van der Waals surface area contributed by atoms with Crippen LogP contribution in [0.2, 0.25) is 0 Å². The lowest BCUT2D eigenvalue weighted by molar-refractivity contribution is -0.151. The van der Waals surface area contributed by atoms with Crippen molar-refractivity contribution in [3.63, 3.8) is 0 Å². The number of primary amides is 1. The van der Waals surface area contributed by atoms with Gasteiger partial charge in [0.05, 0.1) is 5.92 Å². The van der Waals surface area contributed by atoms with Gasteiger partial charge in [0.25, 0.3) is 0 Å². The molecule has 0 spiro atoms. The van der Waals surface area contributed by atoms with Crippen LogP contribution in [0.15, 0.2) is 0 Å². The molecule has 1 rings (SSSR count). The van der Waals surface area contributed by atoms with Crippen LogP contribution in [0, 0.1) is 17.8 Å². The van der Waals surface area contributed by atoms with Gasteiger partial charge in [-0.3, -0.25) is 9.59 Å². The second kappa shape index (κ2) is 6.58. The van der Waals surface area contributed by atoms with Gasteiger partial charge in [-0.15, -0.1) is 0 Å². The molecule has 114 valence electrons. The third-order valence-electron chi connectivity index (χ3n) is 3.64. The maximum Gasteiger partial charge on any atom is 0.312 e. The molecule has 7 heteroatoms. The molecule has 0 aromatic heterocycles. The van der Waals surface area contributed by atoms with Crippen LogP contribution in [0.3, 0.4) is 0 Å². The molecule has 0 bridgehead atoms. The van der Waals surface area contributed by atoms with Crippen molar-refractivity contribution in [2.45, 2.75) is 33.2 Å². The van der Waals surface area contributed by atoms with Gasteiger partial charge in [0.2, 0.25) is 5.91 Å². The largest absolute Gasteiger partial charge is 0.481 e. The van der Waals surface area contributed by atoms with Gasteiger partial charge in [0.15, 0.2) is 0 Å². The summed E-state index contributed by atoms with van der Waals surface area (Å²) in [5.74, 6) is -1.29. The van der Waals surface area contributed by atoms with Crippen LogP contribution >= 0.6 is 0 Å². The maximum absolute atomic E-state index is 12.2. The minimum atomic E-state index is -0.851. The first kappa shape index (κ1) is 16.3. The van der Waals surface area contributed by atoms with Gasteiger partial charge in [0.1, 0.15) is 6.04 Å². The zero-order valence-corrected chi connectivity index (χ0v) is 12.1. The fraction of sp³-hybridized carbons (Fsp3) is 0.769. The number of hydrogen-bond acceptors (Lipinski definition) is 3. The van der Waals surface area contributed by atoms with Crippen molar-refractivity contribution >= 4 is 17.9 Å². The Labute approximate surface area is 118 Å². The topological polar surface area (TPSA) is 113 Å². The zero-order valence-electron chi connectivity index (χ0n) is 12.1. The third kappa shape index (κ3) is 4.11. The first-order chi connectivity index (χ1) is 9.22. The van der Waals surface area contributed by atoms with E-state index in [1.807, 2.05) is 13.8 Å². The lowest BCUT2D eigenvalue weighted by Crippen LogP contribution is -2.59. The quantitative estimate of drug-likeness (QED) is 0.649. The number of amides is 3. The van der Waals surface area contributed by atoms with E-state index in [0.29, 0.717) is 19.5 Å². The monoisotopic (exact) mass is 285 g/mol. The molecule has 2 atom stereocenters. The van der Waals surface area contributed by atoms with E-state index < -0.39 is 24.0 Å². The Morgan fingerprint density at radius 2 is 1.85 bits per heavy atom. The van der Waals surface area contributed by atoms with Gasteiger partial charge in [-0.1, -0.05) is 20.8 Å². The molecule has 1 heterocycles. The molecule has 3 amide bonds. The molecule has 0 aromatic carbocycles. The van der Waals surface area contributed by atoms with Gasteiger partial charge in [-0.2, -0.15) is 0 Å². The number of carbonyl (C=O) groups excluding carboxylic acids is 2. The third-order valence-corrected chi connectivity index (χ3v) is 3.64. The molecule has 1 aliphatic rings. The number of likely N-dealkylation sites (tertiary alicyclic amines) is 1. The minimum absolute atomic E-state index is 0.0234. The van der Waals surface area contributed by atoms with Crippen LogP contribution in [0.5, 0.6) is 0 Å². The molecule has 20 heavy (non-hydrogen) atoms. The fourth-order valence-electron chi connectivity index (χ4n) is 2.30. The van der Waals surface area contributed by atoms with Crippen LogP contribution in [-0.2, 0) is 9.59 Å². The van der Waals surface area contributed by atoms with E-state index >= 15 is 0 Å². The van der Waals surface area contributed by atoms with E-state index in [9.17, 15) is 14.4 Å². The number of nitrogens with two attached hydrogens (primary N) is 1. The van der Waals surface area contributed by atoms with Gasteiger partial charge in [0, 0.05) is 19.0 Å². The van der Waals surface area contributed by atoms with Crippen molar-refractivity contribution in [2.75, 3.05) is 13.1 Å². The highest BCUT2D eigenvalue weighted by molar-refractivity contribution is 5.87. The molecular weight excluding hydrogens is 262 g/mol. The van der Waals surface area contributed by atoms with E-state index in [1.165, 1.54) is 0 Å². The summed E-state index contributed by atoms with van der Waals surface area (Å²) in [5.41, 5.74) is 5.08. The van der Waals surface area contributed by atoms with Crippen molar-refractivity contribution in [3.05, 3.63) is 0 Å². The van der Waals surface area contributed by atoms with Crippen LogP contribution in [0.1, 0.15) is 27.2 Å². The Morgan fingerprint density at radius 1 is 1.30 bits per heavy atom. The van der Waals surface area contributed by atoms with E-state index in [0.717, 1.165) is 0 Å². The number of nitrogens with one attached hydrogen (secondary N) is 1. The number of carbonyl (C=O) groups is 3. The average molecular weight is 285 g/mol. The van der Waals surface area contributed by atoms with Crippen LogP contribution in [0.25, 0.3) is 0 Å². The van der Waals surface area contributed by atoms with Gasteiger partial charge < -0.3 is 21.1 Å². The number of carboxylic acid groups (broad SMARTS) is 1. The van der Waals surface area contributed by atoms with Crippen LogP contribution in [0.4, 0.5) is 4.79 Å². The van der Waals surface area contributed by atoms with Gasteiger partial charge in [-0.05, 0) is 12.3 Å². The molecular formula is C13H23N3O4. The highest BCUT2D eigenvalue weighted by atomic mass is 16.4. The highest BCUT2D eigenvalue weighted by Gasteiger charge is 2.39. The van der Waals surface area contributed by atoms with E-state index in [-0.39, 0.29) is 17.7 Å². The van der Waals surface area contributed by atoms with Crippen molar-refractivity contribution in [2.24, 2.45) is 23.5 Å². The fourth-order valence-corrected chi connectivity index (χ4v) is 2.30. The standard InChI is InChI=1S/C13H23N3O4/c1-7(2)4-10(15-13(14)20)11(17)16-5-9(6-16)8(3)12(18)19/h7-10H,4-6H2,1-3H3,(H,18,19)(H3,14,15,20). The number of aliphatic carboxylic acids is 1. The Bertz CT molecular complexity index is 391. The van der Waals surface area contributed by atoms with E-state index in [1.54, 1.807) is 11.8 Å². The van der Waals surface area contributed by atoms with Crippen LogP contribution in [-0.4, -0.2) is 47.0 Å². The first-order valence-electron chi connectivity index (χ1n) is 6.80. The van der Waals surface area contributed by atoms with Crippen molar-refractivity contribution < 1.29 is 19.5 Å². The molecule has 0 saturated carbocycles. The lowest BCUT2D eigenvalue weighted by atomic mass is 9.86. The van der Waals surface area contributed by atoms with Gasteiger partial charge >= 0.3 is 12.0 Å².